The molecule has 1 aromatic rings. The van der Waals surface area contributed by atoms with Crippen molar-refractivity contribution in [1.82, 2.24) is 15.1 Å². The van der Waals surface area contributed by atoms with Crippen LogP contribution in [0, 0.1) is 0 Å². The van der Waals surface area contributed by atoms with Gasteiger partial charge in [-0.05, 0) is 30.5 Å². The second-order valence-corrected chi connectivity index (χ2v) is 6.46. The van der Waals surface area contributed by atoms with Crippen LogP contribution in [0.25, 0.3) is 0 Å². The lowest BCUT2D eigenvalue weighted by Crippen LogP contribution is -2.56. The van der Waals surface area contributed by atoms with E-state index in [2.05, 4.69) is 10.3 Å². The molecule has 1 heterocycles. The lowest BCUT2D eigenvalue weighted by Gasteiger charge is -2.36. The average Bonchev–Trinajstić information content (AvgIpc) is 3.47. The second kappa shape index (κ2) is 9.40. The van der Waals surface area contributed by atoms with Crippen LogP contribution in [0.5, 0.6) is 5.75 Å². The van der Waals surface area contributed by atoms with Crippen molar-refractivity contribution in [3.63, 3.8) is 0 Å². The highest BCUT2D eigenvalue weighted by Gasteiger charge is 2.36. The van der Waals surface area contributed by atoms with E-state index < -0.39 is 6.10 Å². The maximum Gasteiger partial charge on any atom is 0.242 e. The Morgan fingerprint density at radius 2 is 2.04 bits per heavy atom. The van der Waals surface area contributed by atoms with Crippen molar-refractivity contribution in [2.45, 2.75) is 25.0 Å². The van der Waals surface area contributed by atoms with Gasteiger partial charge in [0, 0.05) is 32.7 Å². The number of nitrogens with one attached hydrogen (secondary N) is 1. The van der Waals surface area contributed by atoms with Gasteiger partial charge < -0.3 is 25.0 Å². The summed E-state index contributed by atoms with van der Waals surface area (Å²) in [6.45, 7) is 2.18. The van der Waals surface area contributed by atoms with Crippen LogP contribution in [0.1, 0.15) is 24.5 Å². The predicted molar refractivity (Wildman–Crippen MR) is 111 cm³/mol. The zero-order valence-corrected chi connectivity index (χ0v) is 17.6. The Bertz CT molecular complexity index is 634. The highest BCUT2D eigenvalue weighted by Crippen LogP contribution is 2.28. The lowest BCUT2D eigenvalue weighted by atomic mass is 10.1. The number of rotatable bonds is 5. The number of nitrogens with zero attached hydrogens (tertiary/aromatic N) is 3. The summed E-state index contributed by atoms with van der Waals surface area (Å²) in [5.74, 6) is 1.57. The van der Waals surface area contributed by atoms with Gasteiger partial charge in [0.05, 0.1) is 19.8 Å². The van der Waals surface area contributed by atoms with E-state index in [9.17, 15) is 9.90 Å². The van der Waals surface area contributed by atoms with Gasteiger partial charge in [-0.1, -0.05) is 12.1 Å². The Hall–Kier alpha value is -1.55. The first kappa shape index (κ1) is 20.8. The molecule has 1 aliphatic carbocycles. The van der Waals surface area contributed by atoms with Gasteiger partial charge in [0.2, 0.25) is 5.91 Å². The molecule has 1 saturated heterocycles. The van der Waals surface area contributed by atoms with Crippen molar-refractivity contribution in [3.05, 3.63) is 29.8 Å². The van der Waals surface area contributed by atoms with Crippen LogP contribution in [0.15, 0.2) is 29.3 Å². The van der Waals surface area contributed by atoms with E-state index in [1.807, 2.05) is 34.1 Å². The lowest BCUT2D eigenvalue weighted by molar-refractivity contribution is -0.135. The van der Waals surface area contributed by atoms with Crippen molar-refractivity contribution in [2.24, 2.45) is 4.99 Å². The highest BCUT2D eigenvalue weighted by molar-refractivity contribution is 14.0. The number of methoxy groups -OCH3 is 1. The Morgan fingerprint density at radius 3 is 2.58 bits per heavy atom. The quantitative estimate of drug-likeness (QED) is 0.382. The fourth-order valence-electron chi connectivity index (χ4n) is 3.10. The third-order valence-corrected chi connectivity index (χ3v) is 4.71. The van der Waals surface area contributed by atoms with Crippen LogP contribution in [0.4, 0.5) is 0 Å². The van der Waals surface area contributed by atoms with Gasteiger partial charge in [0.15, 0.2) is 5.96 Å². The third kappa shape index (κ3) is 5.00. The van der Waals surface area contributed by atoms with E-state index >= 15 is 0 Å². The summed E-state index contributed by atoms with van der Waals surface area (Å²) in [5, 5.41) is 13.5. The zero-order chi connectivity index (χ0) is 17.8. The molecule has 0 bridgehead atoms. The minimum absolute atomic E-state index is 0. The number of hydrogen-bond acceptors (Lipinski definition) is 4. The smallest absolute Gasteiger partial charge is 0.242 e. The predicted octanol–water partition coefficient (Wildman–Crippen LogP) is 1.23. The number of carbonyl (C=O) groups excluding carboxylic acids is 1. The molecule has 2 aliphatic rings. The van der Waals surface area contributed by atoms with E-state index in [1.54, 1.807) is 14.2 Å². The molecule has 1 aliphatic heterocycles. The largest absolute Gasteiger partial charge is 0.497 e. The molecule has 7 nitrogen and oxygen atoms in total. The van der Waals surface area contributed by atoms with Gasteiger partial charge in [-0.2, -0.15) is 0 Å². The van der Waals surface area contributed by atoms with E-state index in [0.29, 0.717) is 25.1 Å². The molecule has 2 fully saturated rings. The highest BCUT2D eigenvalue weighted by atomic mass is 127. The summed E-state index contributed by atoms with van der Waals surface area (Å²) in [7, 11) is 3.31. The van der Waals surface area contributed by atoms with E-state index in [4.69, 9.17) is 4.74 Å². The van der Waals surface area contributed by atoms with Crippen LogP contribution < -0.4 is 10.1 Å². The topological polar surface area (TPSA) is 77.4 Å². The van der Waals surface area contributed by atoms with Crippen molar-refractivity contribution in [3.8, 4) is 5.75 Å². The van der Waals surface area contributed by atoms with Crippen LogP contribution in [-0.4, -0.2) is 73.2 Å². The van der Waals surface area contributed by atoms with Gasteiger partial charge in [0.25, 0.3) is 0 Å². The SMILES string of the molecule is CN=C(NCC(O)c1ccc(OC)cc1)N1CCN(C2CC2)C(=O)C1.I. The Morgan fingerprint density at radius 1 is 1.35 bits per heavy atom. The number of guanidine groups is 1. The number of hydrogen-bond donors (Lipinski definition) is 2. The summed E-state index contributed by atoms with van der Waals surface area (Å²) < 4.78 is 5.12. The Kier molecular flexibility index (Phi) is 7.51. The van der Waals surface area contributed by atoms with Crippen LogP contribution in [0.3, 0.4) is 0 Å². The number of amides is 1. The number of carbonyl (C=O) groups is 1. The molecule has 8 heteroatoms. The van der Waals surface area contributed by atoms with Gasteiger partial charge in [-0.3, -0.25) is 9.79 Å². The standard InChI is InChI=1S/C18H26N4O3.HI/c1-19-18(21-9-10-22(14-5-6-14)17(24)12-21)20-11-16(23)13-3-7-15(25-2)8-4-13;/h3-4,7-8,14,16,23H,5-6,9-12H2,1-2H3,(H,19,20);1H. The fourth-order valence-corrected chi connectivity index (χ4v) is 3.10. The molecular formula is C18H27IN4O3. The number of ether oxygens (including phenoxy) is 1. The Labute approximate surface area is 171 Å². The van der Waals surface area contributed by atoms with Crippen LogP contribution in [-0.2, 0) is 4.79 Å². The maximum atomic E-state index is 12.3. The number of piperazine rings is 1. The average molecular weight is 474 g/mol. The van der Waals surface area contributed by atoms with Crippen molar-refractivity contribution >= 4 is 35.8 Å². The number of aliphatic imine (C=N–C) groups is 1. The Balaban J connectivity index is 0.00000243. The summed E-state index contributed by atoms with van der Waals surface area (Å²) in [4.78, 5) is 20.4. The summed E-state index contributed by atoms with van der Waals surface area (Å²) in [6, 6.07) is 7.78. The normalized spacial score (nSPS) is 19.0. The molecular weight excluding hydrogens is 447 g/mol. The molecule has 1 atom stereocenters. The number of aliphatic hydroxyl groups is 1. The third-order valence-electron chi connectivity index (χ3n) is 4.71. The molecule has 1 saturated carbocycles. The van der Waals surface area contributed by atoms with E-state index in [-0.39, 0.29) is 29.9 Å². The van der Waals surface area contributed by atoms with E-state index in [0.717, 1.165) is 37.2 Å². The summed E-state index contributed by atoms with van der Waals surface area (Å²) >= 11 is 0. The maximum absolute atomic E-state index is 12.3. The first-order valence-corrected chi connectivity index (χ1v) is 8.69. The molecule has 1 aromatic carbocycles. The first-order valence-electron chi connectivity index (χ1n) is 8.69. The first-order chi connectivity index (χ1) is 12.1. The van der Waals surface area contributed by atoms with Gasteiger partial charge >= 0.3 is 0 Å². The number of benzene rings is 1. The van der Waals surface area contributed by atoms with Gasteiger partial charge in [-0.15, -0.1) is 24.0 Å². The fraction of sp³-hybridized carbons (Fsp3) is 0.556. The molecule has 0 spiro atoms. The minimum atomic E-state index is -0.661. The summed E-state index contributed by atoms with van der Waals surface area (Å²) in [5.41, 5.74) is 0.804. The minimum Gasteiger partial charge on any atom is -0.497 e. The molecule has 1 unspecified atom stereocenters. The molecule has 144 valence electrons. The van der Waals surface area contributed by atoms with Gasteiger partial charge in [-0.25, -0.2) is 0 Å². The van der Waals surface area contributed by atoms with Crippen LogP contribution in [0.2, 0.25) is 0 Å². The monoisotopic (exact) mass is 474 g/mol. The van der Waals surface area contributed by atoms with Crippen molar-refractivity contribution in [2.75, 3.05) is 40.3 Å². The number of halogens is 1. The number of aliphatic hydroxyl groups excluding tert-OH is 1. The van der Waals surface area contributed by atoms with Crippen molar-refractivity contribution < 1.29 is 14.6 Å². The molecule has 2 N–H and O–H groups in total. The second-order valence-electron chi connectivity index (χ2n) is 6.46. The molecule has 0 aromatic heterocycles. The van der Waals surface area contributed by atoms with Crippen LogP contribution >= 0.6 is 24.0 Å². The zero-order valence-electron chi connectivity index (χ0n) is 15.2. The molecule has 0 radical (unpaired) electrons. The van der Waals surface area contributed by atoms with Gasteiger partial charge in [0.1, 0.15) is 5.75 Å². The van der Waals surface area contributed by atoms with Crippen molar-refractivity contribution in [1.29, 1.82) is 0 Å². The molecule has 26 heavy (non-hydrogen) atoms. The molecule has 3 rings (SSSR count). The van der Waals surface area contributed by atoms with E-state index in [1.165, 1.54) is 0 Å². The summed E-state index contributed by atoms with van der Waals surface area (Å²) in [6.07, 6.45) is 1.60. The molecule has 1 amide bonds.